The molecule has 0 aliphatic carbocycles. The molecule has 0 aromatic carbocycles. The third-order valence-corrected chi connectivity index (χ3v) is 2.92. The van der Waals surface area contributed by atoms with Gasteiger partial charge in [-0.25, -0.2) is 4.68 Å². The van der Waals surface area contributed by atoms with Gasteiger partial charge in [-0.15, -0.1) is 0 Å². The van der Waals surface area contributed by atoms with Crippen molar-refractivity contribution in [1.29, 1.82) is 0 Å². The predicted octanol–water partition coefficient (Wildman–Crippen LogP) is -0.0818. The van der Waals surface area contributed by atoms with Gasteiger partial charge in [-0.05, 0) is 19.9 Å². The molecule has 0 spiro atoms. The Kier molecular flexibility index (Phi) is 4.31. The highest BCUT2D eigenvalue weighted by Crippen LogP contribution is 2.08. The Labute approximate surface area is 122 Å². The summed E-state index contributed by atoms with van der Waals surface area (Å²) in [6, 6.07) is 1.28. The van der Waals surface area contributed by atoms with Crippen LogP contribution in [0.2, 0.25) is 0 Å². The predicted molar refractivity (Wildman–Crippen MR) is 77.8 cm³/mol. The number of carbonyl (C=O) groups excluding carboxylic acids is 1. The van der Waals surface area contributed by atoms with E-state index >= 15 is 0 Å². The lowest BCUT2D eigenvalue weighted by molar-refractivity contribution is -0.130. The zero-order valence-corrected chi connectivity index (χ0v) is 12.2. The Balaban J connectivity index is 2.19. The molecule has 0 aliphatic heterocycles. The van der Waals surface area contributed by atoms with Crippen LogP contribution in [0.25, 0.3) is 5.95 Å². The van der Waals surface area contributed by atoms with Crippen LogP contribution in [0.15, 0.2) is 18.5 Å². The molecule has 2 rings (SSSR count). The fourth-order valence-corrected chi connectivity index (χ4v) is 1.68. The Morgan fingerprint density at radius 1 is 1.48 bits per heavy atom. The summed E-state index contributed by atoms with van der Waals surface area (Å²) in [6.45, 7) is 4.27. The molecule has 0 saturated carbocycles. The monoisotopic (exact) mass is 290 g/mol. The Hall–Kier alpha value is -2.71. The minimum atomic E-state index is -0.470. The van der Waals surface area contributed by atoms with Crippen LogP contribution in [-0.4, -0.2) is 55.2 Å². The fraction of sp³-hybridized carbons (Fsp3) is 0.417. The van der Waals surface area contributed by atoms with Gasteiger partial charge < -0.3 is 16.0 Å². The summed E-state index contributed by atoms with van der Waals surface area (Å²) in [5, 5.41) is 6.96. The summed E-state index contributed by atoms with van der Waals surface area (Å²) in [7, 11) is 1.73. The SMILES string of the molecule is CCN(C)C(=O)C(C)Nc1nc(N)nc(-n2cccn2)n1. The maximum Gasteiger partial charge on any atom is 0.257 e. The number of anilines is 2. The number of hydrogen-bond acceptors (Lipinski definition) is 7. The fourth-order valence-electron chi connectivity index (χ4n) is 1.68. The molecule has 2 aromatic rings. The van der Waals surface area contributed by atoms with Gasteiger partial charge in [0, 0.05) is 26.0 Å². The van der Waals surface area contributed by atoms with Gasteiger partial charge in [0.2, 0.25) is 17.8 Å². The van der Waals surface area contributed by atoms with Gasteiger partial charge in [0.25, 0.3) is 5.95 Å². The molecule has 9 heteroatoms. The second kappa shape index (κ2) is 6.16. The van der Waals surface area contributed by atoms with Crippen LogP contribution in [0.3, 0.4) is 0 Å². The van der Waals surface area contributed by atoms with Gasteiger partial charge in [0.15, 0.2) is 0 Å². The number of carbonyl (C=O) groups is 1. The summed E-state index contributed by atoms with van der Waals surface area (Å²) < 4.78 is 1.47. The average Bonchev–Trinajstić information content (AvgIpc) is 2.99. The largest absolute Gasteiger partial charge is 0.368 e. The van der Waals surface area contributed by atoms with Crippen molar-refractivity contribution in [3.8, 4) is 5.95 Å². The first-order valence-electron chi connectivity index (χ1n) is 6.54. The summed E-state index contributed by atoms with van der Waals surface area (Å²) in [6.07, 6.45) is 3.30. The Morgan fingerprint density at radius 3 is 2.86 bits per heavy atom. The number of aromatic nitrogens is 5. The number of rotatable bonds is 5. The molecule has 0 aliphatic rings. The first kappa shape index (κ1) is 14.7. The van der Waals surface area contributed by atoms with Crippen molar-refractivity contribution in [2.75, 3.05) is 24.6 Å². The smallest absolute Gasteiger partial charge is 0.257 e. The number of likely N-dealkylation sites (N-methyl/N-ethyl adjacent to an activating group) is 1. The average molecular weight is 290 g/mol. The van der Waals surface area contributed by atoms with Crippen molar-refractivity contribution in [2.24, 2.45) is 0 Å². The lowest BCUT2D eigenvalue weighted by Crippen LogP contribution is -2.39. The molecule has 2 heterocycles. The van der Waals surface area contributed by atoms with E-state index in [0.29, 0.717) is 12.5 Å². The Bertz CT molecular complexity index is 612. The molecule has 0 bridgehead atoms. The zero-order valence-electron chi connectivity index (χ0n) is 12.2. The first-order valence-corrected chi connectivity index (χ1v) is 6.54. The van der Waals surface area contributed by atoms with E-state index in [1.807, 2.05) is 6.92 Å². The molecule has 9 nitrogen and oxygen atoms in total. The number of nitrogens with one attached hydrogen (secondary N) is 1. The number of hydrogen-bond donors (Lipinski definition) is 2. The van der Waals surface area contributed by atoms with E-state index in [-0.39, 0.29) is 17.8 Å². The molecule has 0 fully saturated rings. The van der Waals surface area contributed by atoms with Crippen LogP contribution in [0.5, 0.6) is 0 Å². The maximum absolute atomic E-state index is 12.0. The quantitative estimate of drug-likeness (QED) is 0.791. The standard InChI is InChI=1S/C12H18N8O/c1-4-19(3)9(21)8(2)15-11-16-10(13)17-12(18-11)20-7-5-6-14-20/h5-8H,4H2,1-3H3,(H3,13,15,16,17,18). The maximum atomic E-state index is 12.0. The van der Waals surface area contributed by atoms with E-state index < -0.39 is 6.04 Å². The van der Waals surface area contributed by atoms with Crippen molar-refractivity contribution in [2.45, 2.75) is 19.9 Å². The second-order valence-electron chi connectivity index (χ2n) is 4.49. The zero-order chi connectivity index (χ0) is 15.4. The first-order chi connectivity index (χ1) is 10.0. The van der Waals surface area contributed by atoms with Crippen molar-refractivity contribution in [3.05, 3.63) is 18.5 Å². The van der Waals surface area contributed by atoms with Gasteiger partial charge in [-0.2, -0.15) is 20.1 Å². The van der Waals surface area contributed by atoms with Gasteiger partial charge in [0.05, 0.1) is 0 Å². The van der Waals surface area contributed by atoms with Crippen molar-refractivity contribution >= 4 is 17.8 Å². The van der Waals surface area contributed by atoms with Crippen LogP contribution < -0.4 is 11.1 Å². The summed E-state index contributed by atoms with van der Waals surface area (Å²) in [5.41, 5.74) is 5.66. The number of amides is 1. The highest BCUT2D eigenvalue weighted by atomic mass is 16.2. The van der Waals surface area contributed by atoms with E-state index in [2.05, 4.69) is 25.4 Å². The van der Waals surface area contributed by atoms with E-state index in [9.17, 15) is 4.79 Å². The lowest BCUT2D eigenvalue weighted by atomic mass is 10.3. The second-order valence-corrected chi connectivity index (χ2v) is 4.49. The van der Waals surface area contributed by atoms with Crippen LogP contribution in [0.1, 0.15) is 13.8 Å². The summed E-state index contributed by atoms with van der Waals surface area (Å²) in [5.74, 6) is 0.524. The van der Waals surface area contributed by atoms with E-state index in [4.69, 9.17) is 5.73 Å². The van der Waals surface area contributed by atoms with Gasteiger partial charge in [-0.3, -0.25) is 4.79 Å². The van der Waals surface area contributed by atoms with Crippen LogP contribution in [0.4, 0.5) is 11.9 Å². The number of nitrogens with zero attached hydrogens (tertiary/aromatic N) is 6. The van der Waals surface area contributed by atoms with Crippen molar-refractivity contribution in [3.63, 3.8) is 0 Å². The van der Waals surface area contributed by atoms with Crippen LogP contribution in [-0.2, 0) is 4.79 Å². The molecule has 2 aromatic heterocycles. The molecule has 1 atom stereocenters. The van der Waals surface area contributed by atoms with Gasteiger partial charge in [-0.1, -0.05) is 0 Å². The minimum absolute atomic E-state index is 0.0569. The molecule has 0 saturated heterocycles. The topological polar surface area (TPSA) is 115 Å². The molecule has 0 radical (unpaired) electrons. The molecule has 112 valence electrons. The van der Waals surface area contributed by atoms with E-state index in [1.54, 1.807) is 37.3 Å². The summed E-state index contributed by atoms with van der Waals surface area (Å²) in [4.78, 5) is 25.8. The molecule has 1 amide bonds. The normalized spacial score (nSPS) is 12.0. The summed E-state index contributed by atoms with van der Waals surface area (Å²) >= 11 is 0. The minimum Gasteiger partial charge on any atom is -0.368 e. The van der Waals surface area contributed by atoms with Gasteiger partial charge in [0.1, 0.15) is 6.04 Å². The number of nitrogens with two attached hydrogens (primary N) is 1. The number of nitrogen functional groups attached to an aromatic ring is 1. The van der Waals surface area contributed by atoms with E-state index in [0.717, 1.165) is 0 Å². The van der Waals surface area contributed by atoms with Crippen LogP contribution in [0, 0.1) is 0 Å². The highest BCUT2D eigenvalue weighted by molar-refractivity contribution is 5.83. The molecule has 3 N–H and O–H groups in total. The van der Waals surface area contributed by atoms with Gasteiger partial charge >= 0.3 is 0 Å². The van der Waals surface area contributed by atoms with E-state index in [1.165, 1.54) is 4.68 Å². The van der Waals surface area contributed by atoms with Crippen molar-refractivity contribution in [1.82, 2.24) is 29.6 Å². The third-order valence-electron chi connectivity index (χ3n) is 2.92. The molecule has 1 unspecified atom stereocenters. The Morgan fingerprint density at radius 2 is 2.24 bits per heavy atom. The lowest BCUT2D eigenvalue weighted by Gasteiger charge is -2.20. The molecule has 21 heavy (non-hydrogen) atoms. The third kappa shape index (κ3) is 3.44. The highest BCUT2D eigenvalue weighted by Gasteiger charge is 2.18. The molecular weight excluding hydrogens is 272 g/mol. The van der Waals surface area contributed by atoms with Crippen LogP contribution >= 0.6 is 0 Å². The molecular formula is C12H18N8O. The van der Waals surface area contributed by atoms with Crippen molar-refractivity contribution < 1.29 is 4.79 Å².